The van der Waals surface area contributed by atoms with Gasteiger partial charge in [0.15, 0.2) is 5.78 Å². The van der Waals surface area contributed by atoms with Crippen molar-refractivity contribution in [3.8, 4) is 0 Å². The summed E-state index contributed by atoms with van der Waals surface area (Å²) >= 11 is 1.60. The summed E-state index contributed by atoms with van der Waals surface area (Å²) in [6, 6.07) is 3.99. The second kappa shape index (κ2) is 6.79. The van der Waals surface area contributed by atoms with E-state index in [1.807, 2.05) is 24.4 Å². The first-order valence-electron chi connectivity index (χ1n) is 9.13. The lowest BCUT2D eigenvalue weighted by Crippen LogP contribution is -2.34. The summed E-state index contributed by atoms with van der Waals surface area (Å²) in [4.78, 5) is 26.7. The summed E-state index contributed by atoms with van der Waals surface area (Å²) in [6.07, 6.45) is 6.46. The molecule has 3 aliphatic rings. The zero-order valence-electron chi connectivity index (χ0n) is 14.5. The van der Waals surface area contributed by atoms with Gasteiger partial charge in [-0.3, -0.25) is 4.79 Å². The van der Waals surface area contributed by atoms with E-state index in [2.05, 4.69) is 5.32 Å². The van der Waals surface area contributed by atoms with Crippen LogP contribution in [0.2, 0.25) is 0 Å². The Morgan fingerprint density at radius 3 is 2.76 bits per heavy atom. The fraction of sp³-hybridized carbons (Fsp3) is 0.500. The SMILES string of the molecule is CC1=C(C(=O)OC2CCCC2)[C@H](c2cccs2)C2=C(CCCC2=O)N1. The Kier molecular flexibility index (Phi) is 4.50. The molecular weight excluding hydrogens is 334 g/mol. The number of carbonyl (C=O) groups is 2. The van der Waals surface area contributed by atoms with Gasteiger partial charge in [0.1, 0.15) is 6.10 Å². The van der Waals surface area contributed by atoms with E-state index in [4.69, 9.17) is 4.74 Å². The maximum Gasteiger partial charge on any atom is 0.337 e. The van der Waals surface area contributed by atoms with Crippen LogP contribution >= 0.6 is 11.3 Å². The highest BCUT2D eigenvalue weighted by Gasteiger charge is 2.40. The molecule has 5 heteroatoms. The molecule has 1 saturated carbocycles. The molecule has 1 aromatic rings. The van der Waals surface area contributed by atoms with Crippen LogP contribution in [-0.4, -0.2) is 17.9 Å². The highest BCUT2D eigenvalue weighted by molar-refractivity contribution is 7.10. The van der Waals surface area contributed by atoms with E-state index in [-0.39, 0.29) is 23.8 Å². The third-order valence-corrected chi connectivity index (χ3v) is 6.34. The Balaban J connectivity index is 1.73. The van der Waals surface area contributed by atoms with Gasteiger partial charge in [-0.1, -0.05) is 6.07 Å². The number of ether oxygens (including phenoxy) is 1. The van der Waals surface area contributed by atoms with Crippen molar-refractivity contribution in [1.82, 2.24) is 5.32 Å². The van der Waals surface area contributed by atoms with Gasteiger partial charge in [-0.2, -0.15) is 0 Å². The average molecular weight is 357 g/mol. The highest BCUT2D eigenvalue weighted by atomic mass is 32.1. The van der Waals surface area contributed by atoms with Crippen molar-refractivity contribution in [2.45, 2.75) is 63.9 Å². The van der Waals surface area contributed by atoms with Crippen molar-refractivity contribution in [2.24, 2.45) is 0 Å². The third kappa shape index (κ3) is 3.06. The minimum Gasteiger partial charge on any atom is -0.459 e. The van der Waals surface area contributed by atoms with Crippen LogP contribution in [0.15, 0.2) is 40.1 Å². The fourth-order valence-corrected chi connectivity index (χ4v) is 5.06. The van der Waals surface area contributed by atoms with Gasteiger partial charge in [0.05, 0.1) is 11.5 Å². The summed E-state index contributed by atoms with van der Waals surface area (Å²) in [5, 5.41) is 5.34. The molecule has 0 unspecified atom stereocenters. The Bertz CT molecular complexity index is 754. The number of esters is 1. The minimum absolute atomic E-state index is 0.0224. The number of ketones is 1. The number of dihydropyridines is 1. The predicted molar refractivity (Wildman–Crippen MR) is 97.1 cm³/mol. The lowest BCUT2D eigenvalue weighted by Gasteiger charge is -2.33. The number of Topliss-reactive ketones (excluding diaryl/α,β-unsaturated/α-hetero) is 1. The average Bonchev–Trinajstić information content (AvgIpc) is 3.27. The number of rotatable bonds is 3. The van der Waals surface area contributed by atoms with E-state index in [9.17, 15) is 9.59 Å². The first-order chi connectivity index (χ1) is 12.1. The van der Waals surface area contributed by atoms with Gasteiger partial charge in [0.25, 0.3) is 0 Å². The smallest absolute Gasteiger partial charge is 0.337 e. The van der Waals surface area contributed by atoms with Gasteiger partial charge in [-0.05, 0) is 56.9 Å². The number of hydrogen-bond donors (Lipinski definition) is 1. The zero-order chi connectivity index (χ0) is 17.4. The number of nitrogens with one attached hydrogen (secondary N) is 1. The summed E-state index contributed by atoms with van der Waals surface area (Å²) < 4.78 is 5.80. The summed E-state index contributed by atoms with van der Waals surface area (Å²) in [5.74, 6) is -0.385. The van der Waals surface area contributed by atoms with E-state index < -0.39 is 0 Å². The Hall–Kier alpha value is -1.88. The molecular formula is C20H23NO3S. The van der Waals surface area contributed by atoms with Crippen LogP contribution in [0.5, 0.6) is 0 Å². The Morgan fingerprint density at radius 1 is 1.24 bits per heavy atom. The minimum atomic E-state index is -0.280. The van der Waals surface area contributed by atoms with E-state index >= 15 is 0 Å². The van der Waals surface area contributed by atoms with E-state index in [0.29, 0.717) is 12.0 Å². The molecule has 2 heterocycles. The molecule has 0 aromatic carbocycles. The van der Waals surface area contributed by atoms with Crippen molar-refractivity contribution in [3.05, 3.63) is 44.9 Å². The van der Waals surface area contributed by atoms with Gasteiger partial charge in [0.2, 0.25) is 0 Å². The Morgan fingerprint density at radius 2 is 2.04 bits per heavy atom. The molecule has 0 spiro atoms. The maximum absolute atomic E-state index is 13.0. The molecule has 0 radical (unpaired) electrons. The molecule has 0 bridgehead atoms. The molecule has 0 amide bonds. The van der Waals surface area contributed by atoms with E-state index in [1.54, 1.807) is 11.3 Å². The summed E-state index contributed by atoms with van der Waals surface area (Å²) in [5.41, 5.74) is 3.21. The highest BCUT2D eigenvalue weighted by Crippen LogP contribution is 2.44. The van der Waals surface area contributed by atoms with Crippen molar-refractivity contribution in [3.63, 3.8) is 0 Å². The van der Waals surface area contributed by atoms with E-state index in [0.717, 1.165) is 60.4 Å². The summed E-state index contributed by atoms with van der Waals surface area (Å²) in [7, 11) is 0. The molecule has 1 aromatic heterocycles. The van der Waals surface area contributed by atoms with Crippen LogP contribution in [0.3, 0.4) is 0 Å². The molecule has 1 fully saturated rings. The number of carbonyl (C=O) groups excluding carboxylic acids is 2. The lowest BCUT2D eigenvalue weighted by molar-refractivity contribution is -0.144. The molecule has 1 aliphatic heterocycles. The van der Waals surface area contributed by atoms with Crippen molar-refractivity contribution >= 4 is 23.1 Å². The monoisotopic (exact) mass is 357 g/mol. The quantitative estimate of drug-likeness (QED) is 0.824. The molecule has 0 saturated heterocycles. The van der Waals surface area contributed by atoms with Crippen LogP contribution in [0.1, 0.15) is 62.7 Å². The number of allylic oxidation sites excluding steroid dienone is 3. The molecule has 132 valence electrons. The third-order valence-electron chi connectivity index (χ3n) is 5.40. The molecule has 2 aliphatic carbocycles. The fourth-order valence-electron chi connectivity index (χ4n) is 4.21. The normalized spacial score (nSPS) is 24.4. The lowest BCUT2D eigenvalue weighted by atomic mass is 9.78. The van der Waals surface area contributed by atoms with Gasteiger partial charge < -0.3 is 10.1 Å². The second-order valence-corrected chi connectivity index (χ2v) is 8.07. The second-order valence-electron chi connectivity index (χ2n) is 7.09. The summed E-state index contributed by atoms with van der Waals surface area (Å²) in [6.45, 7) is 1.93. The topological polar surface area (TPSA) is 55.4 Å². The molecule has 25 heavy (non-hydrogen) atoms. The number of thiophene rings is 1. The van der Waals surface area contributed by atoms with Crippen LogP contribution < -0.4 is 5.32 Å². The molecule has 1 atom stereocenters. The van der Waals surface area contributed by atoms with Crippen molar-refractivity contribution in [2.75, 3.05) is 0 Å². The van der Waals surface area contributed by atoms with Crippen LogP contribution in [0.4, 0.5) is 0 Å². The van der Waals surface area contributed by atoms with E-state index in [1.165, 1.54) is 0 Å². The van der Waals surface area contributed by atoms with Crippen LogP contribution in [0.25, 0.3) is 0 Å². The van der Waals surface area contributed by atoms with Gasteiger partial charge in [0, 0.05) is 28.3 Å². The first kappa shape index (κ1) is 16.6. The number of hydrogen-bond acceptors (Lipinski definition) is 5. The first-order valence-corrected chi connectivity index (χ1v) is 10.0. The van der Waals surface area contributed by atoms with Crippen molar-refractivity contribution < 1.29 is 14.3 Å². The van der Waals surface area contributed by atoms with Crippen LogP contribution in [0, 0.1) is 0 Å². The largest absolute Gasteiger partial charge is 0.459 e. The molecule has 1 N–H and O–H groups in total. The Labute approximate surface area is 152 Å². The predicted octanol–water partition coefficient (Wildman–Crippen LogP) is 4.20. The van der Waals surface area contributed by atoms with Gasteiger partial charge in [-0.15, -0.1) is 11.3 Å². The molecule has 4 nitrogen and oxygen atoms in total. The van der Waals surface area contributed by atoms with Crippen molar-refractivity contribution in [1.29, 1.82) is 0 Å². The van der Waals surface area contributed by atoms with Gasteiger partial charge >= 0.3 is 5.97 Å². The van der Waals surface area contributed by atoms with Gasteiger partial charge in [-0.25, -0.2) is 4.79 Å². The standard InChI is InChI=1S/C20H23NO3S/c1-12-17(20(23)24-13-6-2-3-7-13)19(16-10-5-11-25-16)18-14(21-12)8-4-9-15(18)22/h5,10-11,13,19,21H,2-4,6-9H2,1H3/t19-/m0/s1. The van der Waals surface area contributed by atoms with Crippen LogP contribution in [-0.2, 0) is 14.3 Å². The maximum atomic E-state index is 13.0. The zero-order valence-corrected chi connectivity index (χ0v) is 15.3. The molecule has 4 rings (SSSR count).